The van der Waals surface area contributed by atoms with Crippen molar-refractivity contribution < 1.29 is 9.31 Å². The van der Waals surface area contributed by atoms with Crippen LogP contribution in [0, 0.1) is 3.57 Å². The second-order valence-corrected chi connectivity index (χ2v) is 33.5. The summed E-state index contributed by atoms with van der Waals surface area (Å²) in [6.45, 7) is 17.8. The third kappa shape index (κ3) is 8.73. The average molecular weight is 1530 g/mol. The molecule has 0 saturated carbocycles. The van der Waals surface area contributed by atoms with Gasteiger partial charge in [0.05, 0.1) is 22.0 Å². The summed E-state index contributed by atoms with van der Waals surface area (Å²) in [5.41, 5.74) is 34.7. The summed E-state index contributed by atoms with van der Waals surface area (Å²) >= 11 is 9.68. The SMILES string of the molecule is CC1(C)OB(c2ccc3c(c2)C2(c4ccccc4-3)c3ccccc3-c3cc4ccccc4cc32)OC1(C)C.CC1(C)c2cc(Br)ccc2-c2ccc(-c3ccc4c(c3)C3(c5ccccc5-4)c4ccccc4-c4cc5ccccc5cc43)cc21.CC1(C)c2cc(Br)ccc2-c2ccc(I)cc21. The minimum Gasteiger partial charge on any atom is -0.399 e. The van der Waals surface area contributed by atoms with E-state index in [9.17, 15) is 0 Å². The molecule has 2 unspecified atom stereocenters. The summed E-state index contributed by atoms with van der Waals surface area (Å²) in [6, 6.07) is 105. The van der Waals surface area contributed by atoms with Crippen LogP contribution in [0.15, 0.2) is 288 Å². The first kappa shape index (κ1) is 62.3. The Bertz CT molecular complexity index is 5830. The lowest BCUT2D eigenvalue weighted by Crippen LogP contribution is -2.41. The predicted molar refractivity (Wildman–Crippen MR) is 431 cm³/mol. The van der Waals surface area contributed by atoms with E-state index in [1.54, 1.807) is 0 Å². The largest absolute Gasteiger partial charge is 0.494 e. The van der Waals surface area contributed by atoms with Crippen molar-refractivity contribution in [1.29, 1.82) is 0 Å². The van der Waals surface area contributed by atoms with Crippen LogP contribution >= 0.6 is 54.5 Å². The fourth-order valence-corrected chi connectivity index (χ4v) is 19.8. The maximum atomic E-state index is 6.51. The molecule has 6 aliphatic carbocycles. The normalized spacial score (nSPS) is 18.6. The van der Waals surface area contributed by atoms with Crippen LogP contribution in [0.2, 0.25) is 0 Å². The first-order valence-electron chi connectivity index (χ1n) is 34.9. The third-order valence-corrected chi connectivity index (χ3v) is 25.7. The van der Waals surface area contributed by atoms with E-state index in [1.807, 2.05) is 0 Å². The molecule has 1 fully saturated rings. The molecule has 1 saturated heterocycles. The number of halogens is 3. The molecular formula is C94H70BBr2IO2. The summed E-state index contributed by atoms with van der Waals surface area (Å²) in [4.78, 5) is 0. The number of hydrogen-bond donors (Lipinski definition) is 0. The minimum atomic E-state index is -0.404. The Balaban J connectivity index is 0.000000114. The van der Waals surface area contributed by atoms with Crippen molar-refractivity contribution in [2.45, 2.75) is 88.3 Å². The Kier molecular flexibility index (Phi) is 13.8. The molecule has 0 N–H and O–H groups in total. The van der Waals surface area contributed by atoms with E-state index in [-0.39, 0.29) is 32.9 Å². The zero-order valence-corrected chi connectivity index (χ0v) is 62.4. The van der Waals surface area contributed by atoms with Crippen molar-refractivity contribution >= 4 is 88.6 Å². The van der Waals surface area contributed by atoms with Crippen LogP contribution in [0.1, 0.15) is 122 Å². The third-order valence-electron chi connectivity index (χ3n) is 24.0. The predicted octanol–water partition coefficient (Wildman–Crippen LogP) is 24.8. The summed E-state index contributed by atoms with van der Waals surface area (Å²) < 4.78 is 16.6. The maximum absolute atomic E-state index is 6.51. The van der Waals surface area contributed by atoms with Crippen LogP contribution < -0.4 is 5.46 Å². The fourth-order valence-electron chi connectivity index (χ4n) is 18.5. The molecule has 21 rings (SSSR count). The molecule has 0 aromatic heterocycles. The van der Waals surface area contributed by atoms with Crippen LogP contribution in [0.3, 0.4) is 0 Å². The van der Waals surface area contributed by atoms with E-state index in [0.717, 1.165) is 14.4 Å². The van der Waals surface area contributed by atoms with Gasteiger partial charge in [-0.15, -0.1) is 0 Å². The van der Waals surface area contributed by atoms with Gasteiger partial charge in [0, 0.05) is 23.3 Å². The lowest BCUT2D eigenvalue weighted by atomic mass is 9.68. The molecule has 14 aromatic rings. The van der Waals surface area contributed by atoms with Crippen molar-refractivity contribution in [2.24, 2.45) is 0 Å². The van der Waals surface area contributed by atoms with Gasteiger partial charge in [0.1, 0.15) is 0 Å². The van der Waals surface area contributed by atoms with Crippen LogP contribution in [0.5, 0.6) is 0 Å². The zero-order chi connectivity index (χ0) is 68.1. The van der Waals surface area contributed by atoms with Crippen LogP contribution in [-0.4, -0.2) is 18.3 Å². The fraction of sp³-hybridized carbons (Fsp3) is 0.149. The Morgan fingerprint density at radius 2 is 0.560 bits per heavy atom. The molecule has 2 nitrogen and oxygen atoms in total. The van der Waals surface area contributed by atoms with Crippen molar-refractivity contribution in [2.75, 3.05) is 0 Å². The number of rotatable bonds is 2. The molecule has 0 amide bonds. The van der Waals surface area contributed by atoms with Crippen molar-refractivity contribution in [3.05, 3.63) is 358 Å². The van der Waals surface area contributed by atoms with Crippen molar-refractivity contribution in [3.8, 4) is 77.9 Å². The highest BCUT2D eigenvalue weighted by molar-refractivity contribution is 14.1. The first-order chi connectivity index (χ1) is 48.3. The van der Waals surface area contributed by atoms with Crippen LogP contribution in [0.4, 0.5) is 0 Å². The van der Waals surface area contributed by atoms with E-state index < -0.39 is 7.12 Å². The molecule has 100 heavy (non-hydrogen) atoms. The zero-order valence-electron chi connectivity index (χ0n) is 57.1. The standard InChI is InChI=1S/C44H29Br.C35H29BO2.C15H12BrI/c1-43(2)39-22-28(15-18-33(39)34-20-17-30(45)25-40(34)43)29-16-19-35-31-11-5-7-13-37(31)44(41(35)24-29)38-14-8-6-12-32(38)36-21-26-9-3-4-10-27(26)23-42(36)44;1-33(2)34(3,4)38-36(37-33)24-17-18-27-25-13-7-9-15-29(25)35(32(27)21-24)30-16-10-8-14-26(30)28-19-22-11-5-6-12-23(22)20-31(28)35;1-15(2)13-7-9(16)3-5-11(13)12-6-4-10(17)8-14(12)15/h3-25H,1-2H3;5-21H,1-4H3;3-8H,1-2H3. The monoisotopic (exact) mass is 1530 g/mol. The highest BCUT2D eigenvalue weighted by Gasteiger charge is 2.56. The van der Waals surface area contributed by atoms with Crippen molar-refractivity contribution in [1.82, 2.24) is 0 Å². The molecule has 2 spiro atoms. The molecular weight excluding hydrogens is 1460 g/mol. The molecule has 2 atom stereocenters. The Hall–Kier alpha value is -8.73. The molecule has 7 aliphatic rings. The lowest BCUT2D eigenvalue weighted by Gasteiger charge is -2.32. The average Bonchev–Trinajstić information content (AvgIpc) is 1.51. The first-order valence-corrected chi connectivity index (χ1v) is 37.6. The highest BCUT2D eigenvalue weighted by atomic mass is 127. The minimum absolute atomic E-state index is 0.0664. The van der Waals surface area contributed by atoms with Gasteiger partial charge in [0.25, 0.3) is 0 Å². The van der Waals surface area contributed by atoms with E-state index in [4.69, 9.17) is 9.31 Å². The summed E-state index contributed by atoms with van der Waals surface area (Å²) in [5.74, 6) is 0. The van der Waals surface area contributed by atoms with Gasteiger partial charge in [0.15, 0.2) is 0 Å². The topological polar surface area (TPSA) is 18.5 Å². The molecule has 6 heteroatoms. The van der Waals surface area contributed by atoms with Gasteiger partial charge >= 0.3 is 7.12 Å². The van der Waals surface area contributed by atoms with Crippen molar-refractivity contribution in [3.63, 3.8) is 0 Å². The van der Waals surface area contributed by atoms with Gasteiger partial charge in [-0.05, 0) is 295 Å². The van der Waals surface area contributed by atoms with E-state index in [0.29, 0.717) is 0 Å². The van der Waals surface area contributed by atoms with Crippen LogP contribution in [0.25, 0.3) is 99.4 Å². The number of hydrogen-bond acceptors (Lipinski definition) is 2. The van der Waals surface area contributed by atoms with E-state index in [2.05, 4.69) is 389 Å². The molecule has 0 bridgehead atoms. The van der Waals surface area contributed by atoms with Gasteiger partial charge in [-0.1, -0.05) is 266 Å². The van der Waals surface area contributed by atoms with Crippen LogP contribution in [-0.2, 0) is 31.0 Å². The highest BCUT2D eigenvalue weighted by Crippen LogP contribution is 2.66. The maximum Gasteiger partial charge on any atom is 0.494 e. The molecule has 1 aliphatic heterocycles. The number of benzene rings is 14. The molecule has 1 heterocycles. The Labute approximate surface area is 617 Å². The van der Waals surface area contributed by atoms with E-state index >= 15 is 0 Å². The second kappa shape index (κ2) is 22.1. The molecule has 482 valence electrons. The summed E-state index contributed by atoms with van der Waals surface area (Å²) in [6.07, 6.45) is 0. The Morgan fingerprint density at radius 3 is 1.00 bits per heavy atom. The van der Waals surface area contributed by atoms with E-state index in [1.165, 1.54) is 170 Å². The summed E-state index contributed by atoms with van der Waals surface area (Å²) in [5, 5.41) is 5.12. The lowest BCUT2D eigenvalue weighted by molar-refractivity contribution is 0.00578. The quantitative estimate of drug-likeness (QED) is 0.127. The van der Waals surface area contributed by atoms with Gasteiger partial charge < -0.3 is 9.31 Å². The molecule has 14 aromatic carbocycles. The van der Waals surface area contributed by atoms with Gasteiger partial charge in [0.2, 0.25) is 0 Å². The molecule has 0 radical (unpaired) electrons. The number of fused-ring (bicyclic) bond motifs is 28. The van der Waals surface area contributed by atoms with Gasteiger partial charge in [-0.3, -0.25) is 0 Å². The summed E-state index contributed by atoms with van der Waals surface area (Å²) in [7, 11) is -0.404. The second-order valence-electron chi connectivity index (χ2n) is 30.4. The van der Waals surface area contributed by atoms with Gasteiger partial charge in [-0.25, -0.2) is 0 Å². The smallest absolute Gasteiger partial charge is 0.399 e. The Morgan fingerprint density at radius 1 is 0.260 bits per heavy atom. The van der Waals surface area contributed by atoms with Gasteiger partial charge in [-0.2, -0.15) is 0 Å².